The number of amides is 1. The summed E-state index contributed by atoms with van der Waals surface area (Å²) in [7, 11) is -4.89. The summed E-state index contributed by atoms with van der Waals surface area (Å²) in [5.41, 5.74) is -0.269. The number of piperidine rings is 1. The van der Waals surface area contributed by atoms with Crippen molar-refractivity contribution < 1.29 is 26.7 Å². The molecule has 1 atom stereocenters. The summed E-state index contributed by atoms with van der Waals surface area (Å²) in [4.78, 5) is 21.5. The van der Waals surface area contributed by atoms with Crippen molar-refractivity contribution >= 4 is 15.7 Å². The first-order valence-electron chi connectivity index (χ1n) is 8.23. The van der Waals surface area contributed by atoms with Crippen LogP contribution in [0, 0.1) is 0 Å². The van der Waals surface area contributed by atoms with Crippen LogP contribution in [-0.4, -0.2) is 54.1 Å². The monoisotopic (exact) mass is 397 g/mol. The maximum Gasteiger partial charge on any atom is 0.341 e. The largest absolute Gasteiger partial charge is 0.458 e. The van der Waals surface area contributed by atoms with Crippen LogP contribution >= 0.6 is 0 Å². The Morgan fingerprint density at radius 3 is 2.59 bits per heavy atom. The highest BCUT2D eigenvalue weighted by Gasteiger charge is 2.33. The van der Waals surface area contributed by atoms with E-state index in [4.69, 9.17) is 4.74 Å². The van der Waals surface area contributed by atoms with Gasteiger partial charge in [-0.1, -0.05) is 12.1 Å². The summed E-state index contributed by atoms with van der Waals surface area (Å²) < 4.78 is 55.3. The second kappa shape index (κ2) is 7.95. The average molecular weight is 397 g/mol. The highest BCUT2D eigenvalue weighted by molar-refractivity contribution is 7.91. The fourth-order valence-electron chi connectivity index (χ4n) is 2.87. The third kappa shape index (κ3) is 4.21. The average Bonchev–Trinajstić information content (AvgIpc) is 2.68. The fraction of sp³-hybridized carbons (Fsp3) is 0.353. The molecule has 0 aliphatic carbocycles. The lowest BCUT2D eigenvalue weighted by atomic mass is 10.1. The predicted octanol–water partition coefficient (Wildman–Crippen LogP) is 2.16. The molecule has 1 unspecified atom stereocenters. The standard InChI is InChI=1S/C17H17F2N3O4S/c18-16(19)27(24,25)14-7-2-1-6-13(14)15(23)22-10-3-5-12(11-22)26-17-20-8-4-9-21-17/h1-2,4,6-9,12,16H,3,5,10-11H2. The van der Waals surface area contributed by atoms with Crippen LogP contribution in [0.2, 0.25) is 0 Å². The number of rotatable bonds is 5. The number of sulfone groups is 1. The van der Waals surface area contributed by atoms with E-state index >= 15 is 0 Å². The van der Waals surface area contributed by atoms with Gasteiger partial charge in [-0.05, 0) is 31.0 Å². The molecule has 10 heteroatoms. The molecular weight excluding hydrogens is 380 g/mol. The third-order valence-corrected chi connectivity index (χ3v) is 5.58. The molecule has 0 radical (unpaired) electrons. The van der Waals surface area contributed by atoms with E-state index in [9.17, 15) is 22.0 Å². The first kappa shape index (κ1) is 19.2. The Bertz CT molecular complexity index is 909. The molecule has 1 fully saturated rings. The summed E-state index contributed by atoms with van der Waals surface area (Å²) in [5.74, 6) is -4.23. The number of carbonyl (C=O) groups excluding carboxylic acids is 1. The van der Waals surface area contributed by atoms with Crippen molar-refractivity contribution in [3.63, 3.8) is 0 Å². The number of benzene rings is 1. The summed E-state index contributed by atoms with van der Waals surface area (Å²) in [6, 6.07) is 6.82. The summed E-state index contributed by atoms with van der Waals surface area (Å²) in [5, 5.41) is 0. The number of hydrogen-bond acceptors (Lipinski definition) is 6. The van der Waals surface area contributed by atoms with Crippen LogP contribution in [0.4, 0.5) is 8.78 Å². The van der Waals surface area contributed by atoms with E-state index < -0.39 is 26.4 Å². The van der Waals surface area contributed by atoms with Crippen molar-refractivity contribution in [2.45, 2.75) is 29.6 Å². The van der Waals surface area contributed by atoms with Crippen molar-refractivity contribution in [2.75, 3.05) is 13.1 Å². The highest BCUT2D eigenvalue weighted by atomic mass is 32.2. The van der Waals surface area contributed by atoms with Gasteiger partial charge >= 0.3 is 11.8 Å². The second-order valence-corrected chi connectivity index (χ2v) is 7.85. The van der Waals surface area contributed by atoms with Crippen molar-refractivity contribution in [3.05, 3.63) is 48.3 Å². The SMILES string of the molecule is O=C(c1ccccc1S(=O)(=O)C(F)F)N1CCCC(Oc2ncccn2)C1. The second-order valence-electron chi connectivity index (χ2n) is 5.97. The Morgan fingerprint density at radius 2 is 1.89 bits per heavy atom. The van der Waals surface area contributed by atoms with Gasteiger partial charge in [0.2, 0.25) is 9.84 Å². The third-order valence-electron chi connectivity index (χ3n) is 4.14. The van der Waals surface area contributed by atoms with E-state index in [1.165, 1.54) is 35.5 Å². The minimum atomic E-state index is -4.89. The molecule has 0 N–H and O–H groups in total. The Hall–Kier alpha value is -2.62. The van der Waals surface area contributed by atoms with Gasteiger partial charge in [0, 0.05) is 18.9 Å². The van der Waals surface area contributed by atoms with Crippen LogP contribution < -0.4 is 4.74 Å². The number of likely N-dealkylation sites (tertiary alicyclic amines) is 1. The Morgan fingerprint density at radius 1 is 1.19 bits per heavy atom. The number of nitrogens with zero attached hydrogens (tertiary/aromatic N) is 3. The Kier molecular flexibility index (Phi) is 5.64. The Labute approximate surface area is 154 Å². The minimum absolute atomic E-state index is 0.178. The van der Waals surface area contributed by atoms with Gasteiger partial charge in [-0.2, -0.15) is 8.78 Å². The van der Waals surface area contributed by atoms with Crippen molar-refractivity contribution in [1.82, 2.24) is 14.9 Å². The number of aromatic nitrogens is 2. The molecule has 2 aromatic rings. The molecule has 0 saturated carbocycles. The van der Waals surface area contributed by atoms with E-state index in [2.05, 4.69) is 9.97 Å². The minimum Gasteiger partial charge on any atom is -0.458 e. The van der Waals surface area contributed by atoms with Crippen molar-refractivity contribution in [2.24, 2.45) is 0 Å². The number of hydrogen-bond donors (Lipinski definition) is 0. The maximum atomic E-state index is 12.9. The molecule has 1 aromatic heterocycles. The van der Waals surface area contributed by atoms with Gasteiger partial charge in [-0.3, -0.25) is 4.79 Å². The molecule has 1 saturated heterocycles. The van der Waals surface area contributed by atoms with Crippen LogP contribution in [-0.2, 0) is 9.84 Å². The number of carbonyl (C=O) groups is 1. The van der Waals surface area contributed by atoms with Crippen LogP contribution in [0.5, 0.6) is 6.01 Å². The molecular formula is C17H17F2N3O4S. The van der Waals surface area contributed by atoms with E-state index in [1.807, 2.05) is 0 Å². The van der Waals surface area contributed by atoms with Crippen LogP contribution in [0.1, 0.15) is 23.2 Å². The maximum absolute atomic E-state index is 12.9. The normalized spacial score (nSPS) is 17.7. The number of ether oxygens (including phenoxy) is 1. The lowest BCUT2D eigenvalue weighted by molar-refractivity contribution is 0.0512. The van der Waals surface area contributed by atoms with Gasteiger partial charge in [-0.15, -0.1) is 0 Å². The molecule has 2 heterocycles. The zero-order chi connectivity index (χ0) is 19.4. The highest BCUT2D eigenvalue weighted by Crippen LogP contribution is 2.25. The molecule has 144 valence electrons. The van der Waals surface area contributed by atoms with Gasteiger partial charge in [0.1, 0.15) is 6.10 Å². The van der Waals surface area contributed by atoms with Gasteiger partial charge in [0.05, 0.1) is 17.0 Å². The summed E-state index contributed by atoms with van der Waals surface area (Å²) in [6.07, 6.45) is 3.97. The van der Waals surface area contributed by atoms with Crippen LogP contribution in [0.3, 0.4) is 0 Å². The zero-order valence-electron chi connectivity index (χ0n) is 14.2. The molecule has 1 aliphatic rings. The van der Waals surface area contributed by atoms with Crippen LogP contribution in [0.15, 0.2) is 47.6 Å². The molecule has 1 aliphatic heterocycles. The smallest absolute Gasteiger partial charge is 0.341 e. The predicted molar refractivity (Wildman–Crippen MR) is 91.2 cm³/mol. The zero-order valence-corrected chi connectivity index (χ0v) is 15.0. The first-order valence-corrected chi connectivity index (χ1v) is 9.78. The quantitative estimate of drug-likeness (QED) is 0.768. The molecule has 27 heavy (non-hydrogen) atoms. The van der Waals surface area contributed by atoms with Gasteiger partial charge in [0.25, 0.3) is 5.91 Å². The number of alkyl halides is 2. The van der Waals surface area contributed by atoms with Crippen molar-refractivity contribution in [3.8, 4) is 6.01 Å². The fourth-order valence-corrected chi connectivity index (χ4v) is 3.79. The van der Waals surface area contributed by atoms with Gasteiger partial charge in [-0.25, -0.2) is 18.4 Å². The van der Waals surface area contributed by atoms with Crippen molar-refractivity contribution in [1.29, 1.82) is 0 Å². The number of halogens is 2. The Balaban J connectivity index is 1.80. The molecule has 0 bridgehead atoms. The van der Waals surface area contributed by atoms with Gasteiger partial charge < -0.3 is 9.64 Å². The molecule has 7 nitrogen and oxygen atoms in total. The van der Waals surface area contributed by atoms with E-state index in [1.54, 1.807) is 6.07 Å². The van der Waals surface area contributed by atoms with Gasteiger partial charge in [0.15, 0.2) is 0 Å². The van der Waals surface area contributed by atoms with E-state index in [0.29, 0.717) is 19.4 Å². The lowest BCUT2D eigenvalue weighted by Gasteiger charge is -2.32. The molecule has 3 rings (SSSR count). The molecule has 1 aromatic carbocycles. The molecule has 1 amide bonds. The lowest BCUT2D eigenvalue weighted by Crippen LogP contribution is -2.45. The van der Waals surface area contributed by atoms with E-state index in [0.717, 1.165) is 6.07 Å². The van der Waals surface area contributed by atoms with E-state index in [-0.39, 0.29) is 24.2 Å². The van der Waals surface area contributed by atoms with Crippen LogP contribution in [0.25, 0.3) is 0 Å². The topological polar surface area (TPSA) is 89.5 Å². The summed E-state index contributed by atoms with van der Waals surface area (Å²) in [6.45, 7) is 0.553. The first-order chi connectivity index (χ1) is 12.9. The summed E-state index contributed by atoms with van der Waals surface area (Å²) >= 11 is 0. The molecule has 0 spiro atoms.